The fraction of sp³-hybridized carbons (Fsp3) is 0.231. The van der Waals surface area contributed by atoms with Crippen LogP contribution in [0, 0.1) is 5.82 Å². The van der Waals surface area contributed by atoms with Gasteiger partial charge in [-0.05, 0) is 12.1 Å². The van der Waals surface area contributed by atoms with Gasteiger partial charge in [0.15, 0.2) is 0 Å². The van der Waals surface area contributed by atoms with Gasteiger partial charge in [-0.15, -0.1) is 0 Å². The van der Waals surface area contributed by atoms with E-state index in [-0.39, 0.29) is 0 Å². The normalized spacial score (nSPS) is 12.0. The summed E-state index contributed by atoms with van der Waals surface area (Å²) in [6, 6.07) is 1.21. The number of nitrogens with one attached hydrogen (secondary N) is 1. The van der Waals surface area contributed by atoms with Crippen LogP contribution in [0.2, 0.25) is 5.02 Å². The van der Waals surface area contributed by atoms with Gasteiger partial charge < -0.3 is 5.11 Å². The Labute approximate surface area is 135 Å². The summed E-state index contributed by atoms with van der Waals surface area (Å²) in [5, 5.41) is 13.2. The summed E-state index contributed by atoms with van der Waals surface area (Å²) in [5.41, 5.74) is -4.55. The van der Waals surface area contributed by atoms with Crippen LogP contribution < -0.4 is 0 Å². The Bertz CT molecular complexity index is 787. The number of carbonyl (C=O) groups is 1. The van der Waals surface area contributed by atoms with E-state index in [2.05, 4.69) is 5.10 Å². The maximum atomic E-state index is 14.0. The minimum atomic E-state index is -5.02. The summed E-state index contributed by atoms with van der Waals surface area (Å²) in [5.74, 6) is -2.76. The molecule has 0 saturated heterocycles. The Morgan fingerprint density at radius 2 is 1.96 bits per heavy atom. The van der Waals surface area contributed by atoms with Gasteiger partial charge in [-0.3, -0.25) is 5.10 Å². The van der Waals surface area contributed by atoms with Crippen LogP contribution in [0.4, 0.5) is 26.3 Å². The van der Waals surface area contributed by atoms with Crippen molar-refractivity contribution in [3.63, 3.8) is 0 Å². The number of carboxylic acid groups (broad SMARTS) is 1. The summed E-state index contributed by atoms with van der Waals surface area (Å²) in [6.07, 6.45) is -9.52. The number of aromatic amines is 1. The monoisotopic (exact) mass is 372 g/mol. The third kappa shape index (κ3) is 3.48. The predicted molar refractivity (Wildman–Crippen MR) is 70.7 cm³/mol. The molecule has 0 radical (unpaired) electrons. The zero-order valence-corrected chi connectivity index (χ0v) is 12.1. The molecule has 130 valence electrons. The lowest BCUT2D eigenvalue weighted by Gasteiger charge is -2.10. The maximum absolute atomic E-state index is 14.0. The number of halogens is 7. The highest BCUT2D eigenvalue weighted by molar-refractivity contribution is 6.33. The molecule has 11 heteroatoms. The van der Waals surface area contributed by atoms with Crippen molar-refractivity contribution >= 4 is 17.6 Å². The van der Waals surface area contributed by atoms with E-state index in [1.165, 1.54) is 0 Å². The molecule has 0 bridgehead atoms. The third-order valence-electron chi connectivity index (χ3n) is 3.05. The SMILES string of the molecule is O=C(O)c1cc(-c2n[nH]c(C(F)(F)F)c2CC(F)F)c(F)cc1Cl. The molecule has 0 unspecified atom stereocenters. The van der Waals surface area contributed by atoms with E-state index in [0.29, 0.717) is 12.1 Å². The molecule has 0 spiro atoms. The topological polar surface area (TPSA) is 66.0 Å². The van der Waals surface area contributed by atoms with Crippen LogP contribution in [0.1, 0.15) is 21.6 Å². The summed E-state index contributed by atoms with van der Waals surface area (Å²) >= 11 is 5.54. The van der Waals surface area contributed by atoms with Crippen molar-refractivity contribution in [3.8, 4) is 11.3 Å². The lowest BCUT2D eigenvalue weighted by molar-refractivity contribution is -0.141. The smallest absolute Gasteiger partial charge is 0.433 e. The van der Waals surface area contributed by atoms with Crippen LogP contribution in [-0.2, 0) is 12.6 Å². The first-order valence-corrected chi connectivity index (χ1v) is 6.55. The summed E-state index contributed by atoms with van der Waals surface area (Å²) < 4.78 is 77.9. The molecule has 2 aromatic rings. The second-order valence-corrected chi connectivity index (χ2v) is 5.04. The first-order chi connectivity index (χ1) is 11.0. The minimum Gasteiger partial charge on any atom is -0.478 e. The number of hydrogen-bond donors (Lipinski definition) is 2. The molecule has 2 rings (SSSR count). The quantitative estimate of drug-likeness (QED) is 0.782. The van der Waals surface area contributed by atoms with E-state index in [4.69, 9.17) is 16.7 Å². The molecule has 0 aliphatic heterocycles. The minimum absolute atomic E-state index is 0.495. The molecular weight excluding hydrogens is 366 g/mol. The number of nitrogens with zero attached hydrogens (tertiary/aromatic N) is 1. The number of benzene rings is 1. The van der Waals surface area contributed by atoms with Crippen molar-refractivity contribution in [2.75, 3.05) is 0 Å². The first-order valence-electron chi connectivity index (χ1n) is 6.17. The molecule has 2 N–H and O–H groups in total. The van der Waals surface area contributed by atoms with E-state index in [1.54, 1.807) is 5.10 Å². The van der Waals surface area contributed by atoms with Crippen molar-refractivity contribution in [1.29, 1.82) is 0 Å². The molecule has 24 heavy (non-hydrogen) atoms. The van der Waals surface area contributed by atoms with Crippen molar-refractivity contribution in [1.82, 2.24) is 10.2 Å². The van der Waals surface area contributed by atoms with Crippen LogP contribution >= 0.6 is 11.6 Å². The van der Waals surface area contributed by atoms with Crippen LogP contribution in [0.15, 0.2) is 12.1 Å². The predicted octanol–water partition coefficient (Wildman–Crippen LogP) is 4.39. The number of aromatic carboxylic acids is 1. The van der Waals surface area contributed by atoms with E-state index in [9.17, 15) is 31.1 Å². The lowest BCUT2D eigenvalue weighted by atomic mass is 10.0. The number of hydrogen-bond acceptors (Lipinski definition) is 2. The zero-order valence-electron chi connectivity index (χ0n) is 11.4. The number of alkyl halides is 5. The molecule has 1 aromatic carbocycles. The molecule has 4 nitrogen and oxygen atoms in total. The van der Waals surface area contributed by atoms with Crippen LogP contribution in [0.5, 0.6) is 0 Å². The van der Waals surface area contributed by atoms with Gasteiger partial charge in [-0.25, -0.2) is 18.0 Å². The summed E-state index contributed by atoms with van der Waals surface area (Å²) in [4.78, 5) is 11.0. The van der Waals surface area contributed by atoms with Crippen LogP contribution in [-0.4, -0.2) is 27.7 Å². The van der Waals surface area contributed by atoms with Gasteiger partial charge in [-0.2, -0.15) is 18.3 Å². The van der Waals surface area contributed by atoms with Gasteiger partial charge in [0.25, 0.3) is 0 Å². The molecule has 0 amide bonds. The molecular formula is C13H7ClF6N2O2. The summed E-state index contributed by atoms with van der Waals surface area (Å²) in [7, 11) is 0. The Hall–Kier alpha value is -2.23. The Kier molecular flexibility index (Phi) is 4.79. The Morgan fingerprint density at radius 1 is 1.33 bits per heavy atom. The van der Waals surface area contributed by atoms with Crippen molar-refractivity contribution in [3.05, 3.63) is 39.8 Å². The third-order valence-corrected chi connectivity index (χ3v) is 3.36. The molecule has 0 saturated carbocycles. The van der Waals surface area contributed by atoms with E-state index in [0.717, 1.165) is 0 Å². The highest BCUT2D eigenvalue weighted by Gasteiger charge is 2.38. The molecule has 0 fully saturated rings. The van der Waals surface area contributed by atoms with Crippen LogP contribution in [0.25, 0.3) is 11.3 Å². The Balaban J connectivity index is 2.71. The number of H-pyrrole nitrogens is 1. The average Bonchev–Trinajstić information content (AvgIpc) is 2.81. The zero-order chi connectivity index (χ0) is 18.2. The van der Waals surface area contributed by atoms with Crippen molar-refractivity contribution < 1.29 is 36.2 Å². The van der Waals surface area contributed by atoms with Gasteiger partial charge in [0, 0.05) is 17.5 Å². The van der Waals surface area contributed by atoms with E-state index < -0.39 is 63.9 Å². The van der Waals surface area contributed by atoms with E-state index in [1.807, 2.05) is 0 Å². The molecule has 1 aromatic heterocycles. The van der Waals surface area contributed by atoms with Gasteiger partial charge in [-0.1, -0.05) is 11.6 Å². The van der Waals surface area contributed by atoms with Gasteiger partial charge >= 0.3 is 12.1 Å². The molecule has 0 atom stereocenters. The fourth-order valence-corrected chi connectivity index (χ4v) is 2.30. The number of rotatable bonds is 4. The number of carboxylic acids is 1. The maximum Gasteiger partial charge on any atom is 0.433 e. The van der Waals surface area contributed by atoms with Gasteiger partial charge in [0.1, 0.15) is 11.5 Å². The lowest BCUT2D eigenvalue weighted by Crippen LogP contribution is -2.11. The second-order valence-electron chi connectivity index (χ2n) is 4.64. The number of aromatic nitrogens is 2. The second kappa shape index (κ2) is 6.34. The van der Waals surface area contributed by atoms with E-state index >= 15 is 0 Å². The highest BCUT2D eigenvalue weighted by Crippen LogP contribution is 2.37. The average molecular weight is 373 g/mol. The van der Waals surface area contributed by atoms with Crippen LogP contribution in [0.3, 0.4) is 0 Å². The van der Waals surface area contributed by atoms with Gasteiger partial charge in [0.2, 0.25) is 6.43 Å². The fourth-order valence-electron chi connectivity index (χ4n) is 2.07. The summed E-state index contributed by atoms with van der Waals surface area (Å²) in [6.45, 7) is 0. The first kappa shape index (κ1) is 18.1. The largest absolute Gasteiger partial charge is 0.478 e. The molecule has 0 aliphatic rings. The molecule has 1 heterocycles. The Morgan fingerprint density at radius 3 is 2.46 bits per heavy atom. The van der Waals surface area contributed by atoms with Gasteiger partial charge in [0.05, 0.1) is 16.3 Å². The highest BCUT2D eigenvalue weighted by atomic mass is 35.5. The molecule has 0 aliphatic carbocycles. The van der Waals surface area contributed by atoms with Crippen molar-refractivity contribution in [2.45, 2.75) is 19.0 Å². The standard InChI is InChI=1S/C13H7ClF6N2O2/c14-7-3-8(15)5(1-4(7)12(23)24)10-6(2-9(16)17)11(22-21-10)13(18,19)20/h1,3,9H,2H2,(H,21,22)(H,23,24). The van der Waals surface area contributed by atoms with Crippen molar-refractivity contribution in [2.24, 2.45) is 0 Å².